The molecule has 0 atom stereocenters. The minimum atomic E-state index is -3.07. The summed E-state index contributed by atoms with van der Waals surface area (Å²) in [4.78, 5) is 0. The molecule has 1 saturated carbocycles. The molecule has 1 N–H and O–H groups in total. The van der Waals surface area contributed by atoms with Gasteiger partial charge < -0.3 is 0 Å². The Morgan fingerprint density at radius 3 is 2.33 bits per heavy atom. The highest BCUT2D eigenvalue weighted by molar-refractivity contribution is 7.90. The maximum Gasteiger partial charge on any atom is 0.214 e. The molecular formula is C8H15NO2S. The van der Waals surface area contributed by atoms with Crippen LogP contribution in [0.2, 0.25) is 0 Å². The maximum absolute atomic E-state index is 11.3. The van der Waals surface area contributed by atoms with Crippen molar-refractivity contribution in [3.63, 3.8) is 0 Å². The third-order valence-corrected chi connectivity index (χ3v) is 3.92. The Morgan fingerprint density at radius 1 is 1.50 bits per heavy atom. The summed E-state index contributed by atoms with van der Waals surface area (Å²) in [7, 11) is -3.07. The summed E-state index contributed by atoms with van der Waals surface area (Å²) in [6.07, 6.45) is 1.60. The molecule has 1 rings (SSSR count). The lowest BCUT2D eigenvalue weighted by atomic mass is 9.89. The normalized spacial score (nSPS) is 19.8. The Balaban J connectivity index is 2.47. The summed E-state index contributed by atoms with van der Waals surface area (Å²) >= 11 is 0. The second-order valence-electron chi connectivity index (χ2n) is 3.57. The zero-order valence-corrected chi connectivity index (χ0v) is 8.32. The molecule has 0 aromatic rings. The monoisotopic (exact) mass is 189 g/mol. The van der Waals surface area contributed by atoms with Gasteiger partial charge in [0.25, 0.3) is 0 Å². The van der Waals surface area contributed by atoms with Crippen molar-refractivity contribution in [2.24, 2.45) is 0 Å². The van der Waals surface area contributed by atoms with Gasteiger partial charge in [-0.2, -0.15) is 0 Å². The molecule has 12 heavy (non-hydrogen) atoms. The van der Waals surface area contributed by atoms with E-state index >= 15 is 0 Å². The Labute approximate surface area is 73.9 Å². The first-order valence-corrected chi connectivity index (χ1v) is 5.64. The molecule has 0 aromatic carbocycles. The number of hydrogen-bond donors (Lipinski definition) is 1. The molecule has 1 aliphatic rings. The molecule has 1 aliphatic carbocycles. The van der Waals surface area contributed by atoms with E-state index < -0.39 is 10.0 Å². The summed E-state index contributed by atoms with van der Waals surface area (Å²) in [5, 5.41) is -0.341. The van der Waals surface area contributed by atoms with Gasteiger partial charge in [-0.25, -0.2) is 13.1 Å². The minimum Gasteiger partial charge on any atom is -0.212 e. The van der Waals surface area contributed by atoms with E-state index in [2.05, 4.69) is 11.3 Å². The molecule has 3 nitrogen and oxygen atoms in total. The Kier molecular flexibility index (Phi) is 2.58. The van der Waals surface area contributed by atoms with E-state index in [9.17, 15) is 8.42 Å². The second kappa shape index (κ2) is 3.18. The number of nitrogens with one attached hydrogen (secondary N) is 1. The van der Waals surface area contributed by atoms with Crippen LogP contribution in [0.25, 0.3) is 0 Å². The van der Waals surface area contributed by atoms with Crippen LogP contribution in [0.4, 0.5) is 0 Å². The van der Waals surface area contributed by atoms with Crippen LogP contribution < -0.4 is 4.72 Å². The van der Waals surface area contributed by atoms with Gasteiger partial charge in [-0.3, -0.25) is 0 Å². The fourth-order valence-corrected chi connectivity index (χ4v) is 1.99. The van der Waals surface area contributed by atoms with Crippen LogP contribution in [0.5, 0.6) is 0 Å². The van der Waals surface area contributed by atoms with Gasteiger partial charge in [0, 0.05) is 6.04 Å². The minimum absolute atomic E-state index is 0.102. The van der Waals surface area contributed by atoms with Crippen molar-refractivity contribution in [3.8, 4) is 0 Å². The summed E-state index contributed by atoms with van der Waals surface area (Å²) in [5.41, 5.74) is 1.13. The smallest absolute Gasteiger partial charge is 0.212 e. The third kappa shape index (κ3) is 2.08. The lowest BCUT2D eigenvalue weighted by molar-refractivity contribution is 0.479. The van der Waals surface area contributed by atoms with Crippen molar-refractivity contribution in [2.45, 2.75) is 38.0 Å². The lowest BCUT2D eigenvalue weighted by Gasteiger charge is -2.29. The molecule has 0 amide bonds. The van der Waals surface area contributed by atoms with Gasteiger partial charge in [0.1, 0.15) is 0 Å². The summed E-state index contributed by atoms with van der Waals surface area (Å²) in [5.74, 6) is 0. The number of rotatable bonds is 3. The molecule has 0 unspecified atom stereocenters. The predicted octanol–water partition coefficient (Wildman–Crippen LogP) is 1.03. The van der Waals surface area contributed by atoms with E-state index in [1.54, 1.807) is 13.8 Å². The highest BCUT2D eigenvalue weighted by atomic mass is 32.2. The summed E-state index contributed by atoms with van der Waals surface area (Å²) in [6.45, 7) is 7.10. The molecular weight excluding hydrogens is 174 g/mol. The van der Waals surface area contributed by atoms with Crippen molar-refractivity contribution in [2.75, 3.05) is 0 Å². The first kappa shape index (κ1) is 9.74. The molecule has 1 fully saturated rings. The molecule has 4 heteroatoms. The van der Waals surface area contributed by atoms with Gasteiger partial charge in [0.05, 0.1) is 5.25 Å². The van der Waals surface area contributed by atoms with E-state index in [1.165, 1.54) is 0 Å². The van der Waals surface area contributed by atoms with Crippen LogP contribution >= 0.6 is 0 Å². The van der Waals surface area contributed by atoms with Crippen molar-refractivity contribution in [1.82, 2.24) is 4.72 Å². The predicted molar refractivity (Wildman–Crippen MR) is 49.4 cm³/mol. The fourth-order valence-electron chi connectivity index (χ4n) is 1.09. The number of hydrogen-bond acceptors (Lipinski definition) is 2. The van der Waals surface area contributed by atoms with Crippen LogP contribution in [-0.2, 0) is 10.0 Å². The molecule has 0 heterocycles. The standard InChI is InChI=1S/C8H15NO2S/c1-6(2)12(10,11)9-8-4-7(3)5-8/h6,8-9H,3-5H2,1-2H3. The Morgan fingerprint density at radius 2 is 2.00 bits per heavy atom. The van der Waals surface area contributed by atoms with E-state index in [0.717, 1.165) is 18.4 Å². The largest absolute Gasteiger partial charge is 0.214 e. The Bertz CT molecular complexity index is 271. The van der Waals surface area contributed by atoms with Crippen molar-refractivity contribution in [3.05, 3.63) is 12.2 Å². The van der Waals surface area contributed by atoms with E-state index in [0.29, 0.717) is 0 Å². The quantitative estimate of drug-likeness (QED) is 0.674. The van der Waals surface area contributed by atoms with Crippen LogP contribution in [0.15, 0.2) is 12.2 Å². The van der Waals surface area contributed by atoms with Gasteiger partial charge in [0.2, 0.25) is 10.0 Å². The summed E-state index contributed by atoms with van der Waals surface area (Å²) in [6, 6.07) is 0.102. The van der Waals surface area contributed by atoms with E-state index in [1.807, 2.05) is 0 Å². The zero-order chi connectivity index (χ0) is 9.35. The van der Waals surface area contributed by atoms with Gasteiger partial charge in [0.15, 0.2) is 0 Å². The fraction of sp³-hybridized carbons (Fsp3) is 0.750. The molecule has 0 aromatic heterocycles. The van der Waals surface area contributed by atoms with Gasteiger partial charge in [-0.05, 0) is 26.7 Å². The van der Waals surface area contributed by atoms with Crippen LogP contribution in [0.1, 0.15) is 26.7 Å². The van der Waals surface area contributed by atoms with Crippen LogP contribution in [0.3, 0.4) is 0 Å². The lowest BCUT2D eigenvalue weighted by Crippen LogP contribution is -2.43. The topological polar surface area (TPSA) is 46.2 Å². The average Bonchev–Trinajstić information content (AvgIpc) is 1.83. The molecule has 0 aliphatic heterocycles. The third-order valence-electron chi connectivity index (χ3n) is 2.02. The summed E-state index contributed by atoms with van der Waals surface area (Å²) < 4.78 is 25.2. The van der Waals surface area contributed by atoms with Gasteiger partial charge in [-0.15, -0.1) is 0 Å². The molecule has 0 saturated heterocycles. The molecule has 70 valence electrons. The highest BCUT2D eigenvalue weighted by Crippen LogP contribution is 2.25. The average molecular weight is 189 g/mol. The van der Waals surface area contributed by atoms with E-state index in [-0.39, 0.29) is 11.3 Å². The van der Waals surface area contributed by atoms with Crippen molar-refractivity contribution < 1.29 is 8.42 Å². The van der Waals surface area contributed by atoms with Crippen molar-refractivity contribution >= 4 is 10.0 Å². The van der Waals surface area contributed by atoms with Crippen LogP contribution in [-0.4, -0.2) is 19.7 Å². The molecule has 0 radical (unpaired) electrons. The molecule has 0 bridgehead atoms. The van der Waals surface area contributed by atoms with Crippen molar-refractivity contribution in [1.29, 1.82) is 0 Å². The maximum atomic E-state index is 11.3. The van der Waals surface area contributed by atoms with Gasteiger partial charge >= 0.3 is 0 Å². The Hall–Kier alpha value is -0.350. The number of sulfonamides is 1. The van der Waals surface area contributed by atoms with Crippen LogP contribution in [0, 0.1) is 0 Å². The van der Waals surface area contributed by atoms with Gasteiger partial charge in [-0.1, -0.05) is 12.2 Å². The second-order valence-corrected chi connectivity index (χ2v) is 5.84. The first-order valence-electron chi connectivity index (χ1n) is 4.09. The zero-order valence-electron chi connectivity index (χ0n) is 7.50. The SMILES string of the molecule is C=C1CC(NS(=O)(=O)C(C)C)C1. The first-order chi connectivity index (χ1) is 5.42. The van der Waals surface area contributed by atoms with E-state index in [4.69, 9.17) is 0 Å². The highest BCUT2D eigenvalue weighted by Gasteiger charge is 2.27. The molecule has 0 spiro atoms.